The molecule has 2 rings (SSSR count). The zero-order valence-electron chi connectivity index (χ0n) is 11.2. The highest BCUT2D eigenvalue weighted by molar-refractivity contribution is 5.81. The van der Waals surface area contributed by atoms with Gasteiger partial charge in [0.25, 0.3) is 0 Å². The van der Waals surface area contributed by atoms with Crippen LogP contribution in [0.1, 0.15) is 30.0 Å². The number of amides is 1. The second kappa shape index (κ2) is 5.38. The fraction of sp³-hybridized carbons (Fsp3) is 0.429. The van der Waals surface area contributed by atoms with Crippen molar-refractivity contribution in [3.63, 3.8) is 0 Å². The number of benzene rings is 1. The fourth-order valence-electron chi connectivity index (χ4n) is 2.74. The normalized spacial score (nSPS) is 23.2. The lowest BCUT2D eigenvalue weighted by atomic mass is 9.83. The van der Waals surface area contributed by atoms with Crippen LogP contribution in [0.5, 0.6) is 0 Å². The topological polar surface area (TPSA) is 57.6 Å². The summed E-state index contributed by atoms with van der Waals surface area (Å²) in [5.74, 6) is -2.60. The van der Waals surface area contributed by atoms with Crippen LogP contribution < -0.4 is 0 Å². The average molecular weight is 301 g/mol. The molecule has 1 aromatic carbocycles. The van der Waals surface area contributed by atoms with Crippen molar-refractivity contribution in [2.45, 2.75) is 25.1 Å². The van der Waals surface area contributed by atoms with E-state index in [0.29, 0.717) is 0 Å². The van der Waals surface area contributed by atoms with Gasteiger partial charge in [0.05, 0.1) is 17.5 Å². The lowest BCUT2D eigenvalue weighted by Gasteiger charge is -2.38. The third-order valence-corrected chi connectivity index (χ3v) is 3.76. The predicted octanol–water partition coefficient (Wildman–Crippen LogP) is 2.70. The monoisotopic (exact) mass is 301 g/mol. The molecule has 1 aliphatic heterocycles. The molecular weight excluding hydrogens is 287 g/mol. The Kier molecular flexibility index (Phi) is 3.93. The van der Waals surface area contributed by atoms with Crippen LogP contribution in [0.3, 0.4) is 0 Å². The van der Waals surface area contributed by atoms with Crippen molar-refractivity contribution >= 4 is 11.9 Å². The summed E-state index contributed by atoms with van der Waals surface area (Å²) in [5, 5.41) is 9.25. The summed E-state index contributed by atoms with van der Waals surface area (Å²) in [6, 6.07) is 3.68. The second-order valence-electron chi connectivity index (χ2n) is 5.02. The molecule has 4 nitrogen and oxygen atoms in total. The van der Waals surface area contributed by atoms with Gasteiger partial charge < -0.3 is 10.0 Å². The number of halogens is 3. The lowest BCUT2D eigenvalue weighted by Crippen LogP contribution is -2.43. The molecule has 0 spiro atoms. The van der Waals surface area contributed by atoms with Gasteiger partial charge in [-0.25, -0.2) is 0 Å². The van der Waals surface area contributed by atoms with Crippen molar-refractivity contribution in [1.29, 1.82) is 0 Å². The SMILES string of the molecule is CN1C(=O)CCC(C(=O)O)C1c1ccccc1C(F)(F)F. The van der Waals surface area contributed by atoms with Crippen molar-refractivity contribution in [2.75, 3.05) is 7.05 Å². The number of carbonyl (C=O) groups excluding carboxylic acids is 1. The Labute approximate surface area is 119 Å². The Balaban J connectivity index is 2.55. The summed E-state index contributed by atoms with van der Waals surface area (Å²) in [6.45, 7) is 0. The summed E-state index contributed by atoms with van der Waals surface area (Å²) in [7, 11) is 1.34. The highest BCUT2D eigenvalue weighted by Crippen LogP contribution is 2.42. The van der Waals surface area contributed by atoms with Crippen LogP contribution in [0.25, 0.3) is 0 Å². The molecule has 1 saturated heterocycles. The number of piperidine rings is 1. The minimum Gasteiger partial charge on any atom is -0.481 e. The largest absolute Gasteiger partial charge is 0.481 e. The standard InChI is InChI=1S/C14H14F3NO3/c1-18-11(19)7-6-9(13(20)21)12(18)8-4-2-3-5-10(8)14(15,16)17/h2-5,9,12H,6-7H2,1H3,(H,20,21). The smallest absolute Gasteiger partial charge is 0.416 e. The Bertz CT molecular complexity index is 571. The van der Waals surface area contributed by atoms with Gasteiger partial charge in [-0.1, -0.05) is 18.2 Å². The fourth-order valence-corrected chi connectivity index (χ4v) is 2.74. The first-order valence-corrected chi connectivity index (χ1v) is 6.38. The average Bonchev–Trinajstić information content (AvgIpc) is 2.40. The molecule has 114 valence electrons. The zero-order chi connectivity index (χ0) is 15.8. The molecule has 0 bridgehead atoms. The first kappa shape index (κ1) is 15.3. The third-order valence-electron chi connectivity index (χ3n) is 3.76. The summed E-state index contributed by atoms with van der Waals surface area (Å²) >= 11 is 0. The van der Waals surface area contributed by atoms with Gasteiger partial charge in [0.2, 0.25) is 5.91 Å². The molecular formula is C14H14F3NO3. The van der Waals surface area contributed by atoms with Gasteiger partial charge in [-0.2, -0.15) is 13.2 Å². The summed E-state index contributed by atoms with van der Waals surface area (Å²) in [4.78, 5) is 24.2. The van der Waals surface area contributed by atoms with E-state index in [9.17, 15) is 27.9 Å². The Hall–Kier alpha value is -2.05. The molecule has 1 heterocycles. The number of alkyl halides is 3. The Morgan fingerprint density at radius 3 is 2.52 bits per heavy atom. The number of carboxylic acids is 1. The summed E-state index contributed by atoms with van der Waals surface area (Å²) in [5.41, 5.74) is -1.07. The predicted molar refractivity (Wildman–Crippen MR) is 67.3 cm³/mol. The molecule has 0 aliphatic carbocycles. The van der Waals surface area contributed by atoms with Gasteiger partial charge in [-0.05, 0) is 18.1 Å². The zero-order valence-corrected chi connectivity index (χ0v) is 11.2. The Morgan fingerprint density at radius 1 is 1.33 bits per heavy atom. The summed E-state index contributed by atoms with van der Waals surface area (Å²) in [6.07, 6.45) is -4.53. The van der Waals surface area contributed by atoms with Crippen molar-refractivity contribution in [3.8, 4) is 0 Å². The van der Waals surface area contributed by atoms with Gasteiger partial charge in [0.1, 0.15) is 0 Å². The molecule has 1 amide bonds. The lowest BCUT2D eigenvalue weighted by molar-refractivity contribution is -0.153. The highest BCUT2D eigenvalue weighted by Gasteiger charge is 2.43. The molecule has 0 saturated carbocycles. The van der Waals surface area contributed by atoms with Crippen molar-refractivity contribution in [2.24, 2.45) is 5.92 Å². The first-order valence-electron chi connectivity index (χ1n) is 6.38. The van der Waals surface area contributed by atoms with Crippen molar-refractivity contribution in [3.05, 3.63) is 35.4 Å². The van der Waals surface area contributed by atoms with Crippen LogP contribution in [0.2, 0.25) is 0 Å². The number of carbonyl (C=O) groups is 2. The highest BCUT2D eigenvalue weighted by atomic mass is 19.4. The van der Waals surface area contributed by atoms with Gasteiger partial charge in [0.15, 0.2) is 0 Å². The molecule has 1 fully saturated rings. The molecule has 1 aliphatic rings. The molecule has 0 radical (unpaired) electrons. The van der Waals surface area contributed by atoms with E-state index in [1.165, 1.54) is 25.2 Å². The van der Waals surface area contributed by atoms with Crippen molar-refractivity contribution in [1.82, 2.24) is 4.90 Å². The van der Waals surface area contributed by atoms with Gasteiger partial charge in [0, 0.05) is 13.5 Å². The number of nitrogens with zero attached hydrogens (tertiary/aromatic N) is 1. The van der Waals surface area contributed by atoms with Crippen LogP contribution >= 0.6 is 0 Å². The van der Waals surface area contributed by atoms with Crippen LogP contribution in [0, 0.1) is 5.92 Å². The van der Waals surface area contributed by atoms with Crippen LogP contribution in [0.15, 0.2) is 24.3 Å². The van der Waals surface area contributed by atoms with E-state index in [0.717, 1.165) is 11.0 Å². The molecule has 1 aromatic rings. The second-order valence-corrected chi connectivity index (χ2v) is 5.02. The van der Waals surface area contributed by atoms with E-state index in [4.69, 9.17) is 0 Å². The maximum absolute atomic E-state index is 13.1. The molecule has 0 aromatic heterocycles. The number of rotatable bonds is 2. The Morgan fingerprint density at radius 2 is 1.95 bits per heavy atom. The minimum atomic E-state index is -4.60. The molecule has 1 N–H and O–H groups in total. The molecule has 2 unspecified atom stereocenters. The van der Waals surface area contributed by atoms with E-state index >= 15 is 0 Å². The van der Waals surface area contributed by atoms with E-state index in [1.54, 1.807) is 0 Å². The van der Waals surface area contributed by atoms with E-state index in [2.05, 4.69) is 0 Å². The molecule has 7 heteroatoms. The van der Waals surface area contributed by atoms with Crippen LogP contribution in [-0.2, 0) is 15.8 Å². The number of hydrogen-bond acceptors (Lipinski definition) is 2. The number of hydrogen-bond donors (Lipinski definition) is 1. The van der Waals surface area contributed by atoms with E-state index in [1.807, 2.05) is 0 Å². The van der Waals surface area contributed by atoms with Crippen LogP contribution in [0.4, 0.5) is 13.2 Å². The maximum Gasteiger partial charge on any atom is 0.416 e. The quantitative estimate of drug-likeness (QED) is 0.913. The number of carboxylic acid groups (broad SMARTS) is 1. The maximum atomic E-state index is 13.1. The third kappa shape index (κ3) is 2.86. The van der Waals surface area contributed by atoms with Gasteiger partial charge in [-0.15, -0.1) is 0 Å². The molecule has 2 atom stereocenters. The van der Waals surface area contributed by atoms with Gasteiger partial charge in [-0.3, -0.25) is 9.59 Å². The van der Waals surface area contributed by atoms with E-state index in [-0.39, 0.29) is 24.3 Å². The van der Waals surface area contributed by atoms with Gasteiger partial charge >= 0.3 is 12.1 Å². The molecule has 21 heavy (non-hydrogen) atoms. The van der Waals surface area contributed by atoms with Crippen molar-refractivity contribution < 1.29 is 27.9 Å². The first-order chi connectivity index (χ1) is 9.73. The summed E-state index contributed by atoms with van der Waals surface area (Å²) < 4.78 is 39.3. The van der Waals surface area contributed by atoms with Crippen LogP contribution in [-0.4, -0.2) is 28.9 Å². The number of aliphatic carboxylic acids is 1. The minimum absolute atomic E-state index is 0.0259. The number of likely N-dealkylation sites (tertiary alicyclic amines) is 1. The van der Waals surface area contributed by atoms with E-state index < -0.39 is 29.7 Å².